The first-order valence-electron chi connectivity index (χ1n) is 15.9. The van der Waals surface area contributed by atoms with E-state index in [1.165, 1.54) is 0 Å². The van der Waals surface area contributed by atoms with Crippen LogP contribution in [0.1, 0.15) is 56.5 Å². The van der Waals surface area contributed by atoms with Gasteiger partial charge in [0.05, 0.1) is 6.54 Å². The average molecular weight is 615 g/mol. The molecule has 0 aromatic heterocycles. The number of benzene rings is 3. The number of amides is 3. The molecule has 9 nitrogen and oxygen atoms in total. The number of likely N-dealkylation sites (tertiary alicyclic amines) is 1. The molecule has 0 saturated carbocycles. The summed E-state index contributed by atoms with van der Waals surface area (Å²) in [6.07, 6.45) is 0.722. The number of nitrogens with one attached hydrogen (secondary N) is 3. The van der Waals surface area contributed by atoms with Crippen LogP contribution < -0.4 is 16.0 Å². The quantitative estimate of drug-likeness (QED) is 0.237. The van der Waals surface area contributed by atoms with Gasteiger partial charge in [0.1, 0.15) is 12.6 Å². The minimum Gasteiger partial charge on any atom is -0.445 e. The third-order valence-electron chi connectivity index (χ3n) is 7.95. The normalized spacial score (nSPS) is 16.5. The molecule has 240 valence electrons. The van der Waals surface area contributed by atoms with Crippen molar-refractivity contribution in [3.05, 3.63) is 83.9 Å². The molecule has 45 heavy (non-hydrogen) atoms. The second kappa shape index (κ2) is 16.2. The predicted octanol–water partition coefficient (Wildman–Crippen LogP) is 4.94. The Balaban J connectivity index is 1.29. The van der Waals surface area contributed by atoms with Crippen LogP contribution in [0.2, 0.25) is 0 Å². The van der Waals surface area contributed by atoms with E-state index in [0.717, 1.165) is 22.8 Å². The first kappa shape index (κ1) is 33.6. The third-order valence-corrected chi connectivity index (χ3v) is 7.95. The summed E-state index contributed by atoms with van der Waals surface area (Å²) in [5.74, 6) is -0.424. The van der Waals surface area contributed by atoms with Crippen LogP contribution in [-0.4, -0.2) is 66.9 Å². The van der Waals surface area contributed by atoms with Crippen molar-refractivity contribution in [3.63, 3.8) is 0 Å². The van der Waals surface area contributed by atoms with E-state index in [1.807, 2.05) is 85.5 Å². The summed E-state index contributed by atoms with van der Waals surface area (Å²) in [7, 11) is 0. The van der Waals surface area contributed by atoms with Gasteiger partial charge in [-0.25, -0.2) is 4.79 Å². The Kier molecular flexibility index (Phi) is 12.1. The summed E-state index contributed by atoms with van der Waals surface area (Å²) in [5.41, 5.74) is 1.40. The Labute approximate surface area is 266 Å². The largest absolute Gasteiger partial charge is 0.445 e. The fourth-order valence-corrected chi connectivity index (χ4v) is 5.76. The van der Waals surface area contributed by atoms with Crippen LogP contribution in [0.4, 0.5) is 4.79 Å². The average Bonchev–Trinajstić information content (AvgIpc) is 3.36. The molecule has 3 atom stereocenters. The molecule has 1 saturated heterocycles. The maximum Gasteiger partial charge on any atom is 0.407 e. The highest BCUT2D eigenvalue weighted by atomic mass is 16.5. The molecule has 1 aliphatic heterocycles. The first-order valence-corrected chi connectivity index (χ1v) is 15.9. The zero-order valence-electron chi connectivity index (χ0n) is 26.8. The monoisotopic (exact) mass is 614 g/mol. The molecule has 3 aromatic rings. The van der Waals surface area contributed by atoms with E-state index in [2.05, 4.69) is 29.8 Å². The second-order valence-electron chi connectivity index (χ2n) is 12.9. The van der Waals surface area contributed by atoms with Gasteiger partial charge >= 0.3 is 6.09 Å². The molecular weight excluding hydrogens is 568 g/mol. The Morgan fingerprint density at radius 2 is 1.56 bits per heavy atom. The third kappa shape index (κ3) is 10.4. The Morgan fingerprint density at radius 1 is 0.867 bits per heavy atom. The van der Waals surface area contributed by atoms with Gasteiger partial charge in [-0.2, -0.15) is 0 Å². The van der Waals surface area contributed by atoms with E-state index >= 15 is 0 Å². The molecule has 0 aliphatic carbocycles. The van der Waals surface area contributed by atoms with Crippen LogP contribution in [-0.2, 0) is 20.9 Å². The number of fused-ring (bicyclic) bond motifs is 1. The van der Waals surface area contributed by atoms with Gasteiger partial charge in [0.2, 0.25) is 5.91 Å². The maximum absolute atomic E-state index is 13.3. The molecule has 1 fully saturated rings. The molecule has 3 N–H and O–H groups in total. The highest BCUT2D eigenvalue weighted by molar-refractivity contribution is 6.00. The number of ketones is 1. The van der Waals surface area contributed by atoms with Gasteiger partial charge in [-0.15, -0.1) is 0 Å². The van der Waals surface area contributed by atoms with Crippen LogP contribution in [0.25, 0.3) is 10.8 Å². The summed E-state index contributed by atoms with van der Waals surface area (Å²) in [6, 6.07) is 21.9. The number of Topliss-reactive ketones (excluding diaryl/α,β-unsaturated/α-hetero) is 1. The van der Waals surface area contributed by atoms with Crippen molar-refractivity contribution >= 4 is 34.5 Å². The lowest BCUT2D eigenvalue weighted by atomic mass is 10.0. The number of alkyl carbamates (subject to hydrolysis) is 1. The highest BCUT2D eigenvalue weighted by Gasteiger charge is 2.33. The molecule has 0 radical (unpaired) electrons. The van der Waals surface area contributed by atoms with E-state index < -0.39 is 12.1 Å². The van der Waals surface area contributed by atoms with Crippen molar-refractivity contribution in [3.8, 4) is 0 Å². The van der Waals surface area contributed by atoms with E-state index in [4.69, 9.17) is 4.74 Å². The standard InChI is InChI=1S/C36H46N4O5/c1-24(2)16-31(38-36(44)45-23-26-10-6-5-7-11-26)21-40-20-30(33(41)22-40)19-37-35(43)32(17-25(3)4)39-34(42)29-15-14-27-12-8-9-13-28(27)18-29/h5-15,18,24-25,30-32H,16-17,19-23H2,1-4H3,(H,37,43)(H,38,44)(H,39,42)/t30?,31-,32-/m0/s1. The molecule has 4 rings (SSSR count). The zero-order valence-corrected chi connectivity index (χ0v) is 26.8. The van der Waals surface area contributed by atoms with Crippen molar-refractivity contribution in [1.82, 2.24) is 20.9 Å². The van der Waals surface area contributed by atoms with Gasteiger partial charge in [-0.3, -0.25) is 19.3 Å². The van der Waals surface area contributed by atoms with Crippen molar-refractivity contribution in [2.45, 2.75) is 59.2 Å². The lowest BCUT2D eigenvalue weighted by Gasteiger charge is -2.25. The SMILES string of the molecule is CC(C)C[C@@H](CN1CC(=O)C(CNC(=O)[C@H](CC(C)C)NC(=O)c2ccc3ccccc3c2)C1)NC(=O)OCc1ccccc1. The topological polar surface area (TPSA) is 117 Å². The van der Waals surface area contributed by atoms with Gasteiger partial charge in [-0.1, -0.05) is 88.4 Å². The second-order valence-corrected chi connectivity index (χ2v) is 12.9. The molecule has 9 heteroatoms. The molecule has 1 heterocycles. The highest BCUT2D eigenvalue weighted by Crippen LogP contribution is 2.18. The van der Waals surface area contributed by atoms with Crippen LogP contribution in [0, 0.1) is 17.8 Å². The number of rotatable bonds is 14. The van der Waals surface area contributed by atoms with Crippen LogP contribution >= 0.6 is 0 Å². The predicted molar refractivity (Wildman–Crippen MR) is 176 cm³/mol. The molecule has 1 unspecified atom stereocenters. The van der Waals surface area contributed by atoms with Gasteiger partial charge < -0.3 is 20.7 Å². The van der Waals surface area contributed by atoms with E-state index in [9.17, 15) is 19.2 Å². The van der Waals surface area contributed by atoms with Crippen molar-refractivity contribution < 1.29 is 23.9 Å². The van der Waals surface area contributed by atoms with Crippen LogP contribution in [0.15, 0.2) is 72.8 Å². The van der Waals surface area contributed by atoms with Gasteiger partial charge in [0.15, 0.2) is 5.78 Å². The van der Waals surface area contributed by atoms with E-state index in [-0.39, 0.29) is 55.2 Å². The fourth-order valence-electron chi connectivity index (χ4n) is 5.76. The molecular formula is C36H46N4O5. The molecule has 1 aliphatic rings. The molecule has 0 spiro atoms. The zero-order chi connectivity index (χ0) is 32.3. The Morgan fingerprint density at radius 3 is 2.27 bits per heavy atom. The number of carbonyl (C=O) groups excluding carboxylic acids is 4. The Bertz CT molecular complexity index is 1460. The fraction of sp³-hybridized carbons (Fsp3) is 0.444. The van der Waals surface area contributed by atoms with Crippen LogP contribution in [0.3, 0.4) is 0 Å². The van der Waals surface area contributed by atoms with Crippen LogP contribution in [0.5, 0.6) is 0 Å². The minimum absolute atomic E-state index is 0.0471. The molecule has 3 amide bonds. The number of ether oxygens (including phenoxy) is 1. The van der Waals surface area contributed by atoms with Gasteiger partial charge in [-0.05, 0) is 53.1 Å². The minimum atomic E-state index is -0.724. The van der Waals surface area contributed by atoms with Gasteiger partial charge in [0, 0.05) is 37.2 Å². The van der Waals surface area contributed by atoms with Crippen molar-refractivity contribution in [1.29, 1.82) is 0 Å². The number of hydrogen-bond donors (Lipinski definition) is 3. The number of nitrogens with zero attached hydrogens (tertiary/aromatic N) is 1. The van der Waals surface area contributed by atoms with Crippen molar-refractivity contribution in [2.75, 3.05) is 26.2 Å². The van der Waals surface area contributed by atoms with E-state index in [1.54, 1.807) is 6.07 Å². The molecule has 3 aromatic carbocycles. The lowest BCUT2D eigenvalue weighted by Crippen LogP contribution is -2.49. The molecule has 0 bridgehead atoms. The summed E-state index contributed by atoms with van der Waals surface area (Å²) in [4.78, 5) is 53.9. The lowest BCUT2D eigenvalue weighted by molar-refractivity contribution is -0.124. The summed E-state index contributed by atoms with van der Waals surface area (Å²) in [6.45, 7) is 9.79. The number of carbonyl (C=O) groups is 4. The summed E-state index contributed by atoms with van der Waals surface area (Å²) in [5, 5.41) is 10.8. The first-order chi connectivity index (χ1) is 21.6. The maximum atomic E-state index is 13.3. The summed E-state index contributed by atoms with van der Waals surface area (Å²) < 4.78 is 5.42. The van der Waals surface area contributed by atoms with E-state index in [0.29, 0.717) is 31.0 Å². The summed E-state index contributed by atoms with van der Waals surface area (Å²) >= 11 is 0. The van der Waals surface area contributed by atoms with Crippen molar-refractivity contribution in [2.24, 2.45) is 17.8 Å². The smallest absolute Gasteiger partial charge is 0.407 e. The Hall–Kier alpha value is -4.24. The van der Waals surface area contributed by atoms with Gasteiger partial charge in [0.25, 0.3) is 5.91 Å². The number of hydrogen-bond acceptors (Lipinski definition) is 6.